The molecule has 41 heavy (non-hydrogen) atoms. The number of hydrogen-bond acceptors (Lipinski definition) is 3. The van der Waals surface area contributed by atoms with Gasteiger partial charge in [0.05, 0.1) is 0 Å². The van der Waals surface area contributed by atoms with Crippen molar-refractivity contribution >= 4 is 10.1 Å². The van der Waals surface area contributed by atoms with Crippen molar-refractivity contribution < 1.29 is 35.3 Å². The average Bonchev–Trinajstić information content (AvgIpc) is 2.88. The normalized spacial score (nSPS) is 38.6. The van der Waals surface area contributed by atoms with Gasteiger partial charge in [0.25, 0.3) is 0 Å². The van der Waals surface area contributed by atoms with Crippen molar-refractivity contribution in [2.45, 2.75) is 92.8 Å². The lowest BCUT2D eigenvalue weighted by atomic mass is 9.47. The minimum absolute atomic E-state index is 0.0464. The van der Waals surface area contributed by atoms with Gasteiger partial charge in [-0.3, -0.25) is 4.55 Å². The molecule has 9 heteroatoms. The lowest BCUT2D eigenvalue weighted by Gasteiger charge is -2.58. The van der Waals surface area contributed by atoms with E-state index >= 15 is 8.78 Å². The molecule has 220 valence electrons. The Kier molecular flexibility index (Phi) is 5.63. The summed E-state index contributed by atoms with van der Waals surface area (Å²) in [7, 11) is -5.56. The molecule has 2 aromatic rings. The summed E-state index contributed by atoms with van der Waals surface area (Å²) in [4.78, 5) is -2.05. The third-order valence-corrected chi connectivity index (χ3v) is 12.8. The predicted octanol–water partition coefficient (Wildman–Crippen LogP) is 8.22. The molecule has 0 atom stereocenters. The van der Waals surface area contributed by atoms with Crippen LogP contribution in [-0.2, 0) is 20.9 Å². The highest BCUT2D eigenvalue weighted by molar-refractivity contribution is 7.85. The number of hydrogen-bond donors (Lipinski definition) is 1. The Balaban J connectivity index is 1.27. The van der Waals surface area contributed by atoms with Gasteiger partial charge in [0.15, 0.2) is 16.5 Å². The Morgan fingerprint density at radius 2 is 1.07 bits per heavy atom. The van der Waals surface area contributed by atoms with E-state index in [4.69, 9.17) is 4.74 Å². The smallest absolute Gasteiger partial charge is 0.300 e. The fraction of sp³-hybridized carbons (Fsp3) is 0.625. The monoisotopic (exact) mass is 590 g/mol. The van der Waals surface area contributed by atoms with Crippen LogP contribution < -0.4 is 4.74 Å². The standard InChI is InChI=1S/C32H34F4O4S/c33-25-27(35)30(41(37,38)39)28(36)26(34)29(25)40-24-9-22(31-10-16-3-17(11-31)5-18(4-16)12-31)1-2-23(24)32-13-19-6-20(14-32)8-21(7-19)15-32/h1-2,9,16-21H,3-8,10-15H2,(H,37,38,39). The van der Waals surface area contributed by atoms with Crippen LogP contribution in [0.5, 0.6) is 11.5 Å². The maximum Gasteiger partial charge on any atom is 0.300 e. The van der Waals surface area contributed by atoms with Crippen molar-refractivity contribution in [2.24, 2.45) is 35.5 Å². The van der Waals surface area contributed by atoms with Crippen molar-refractivity contribution in [3.8, 4) is 11.5 Å². The second-order valence-corrected chi connectivity index (χ2v) is 16.0. The Bertz CT molecular complexity index is 1470. The van der Waals surface area contributed by atoms with Gasteiger partial charge in [0.1, 0.15) is 5.75 Å². The summed E-state index contributed by atoms with van der Waals surface area (Å²) >= 11 is 0. The van der Waals surface area contributed by atoms with E-state index in [0.717, 1.165) is 49.7 Å². The molecule has 8 saturated carbocycles. The molecule has 1 N–H and O–H groups in total. The summed E-state index contributed by atoms with van der Waals surface area (Å²) in [5, 5.41) is 0. The molecule has 0 unspecified atom stereocenters. The molecule has 0 aliphatic heterocycles. The highest BCUT2D eigenvalue weighted by Gasteiger charge is 2.54. The maximum absolute atomic E-state index is 15.2. The van der Waals surface area contributed by atoms with E-state index in [1.165, 1.54) is 38.5 Å². The molecule has 8 fully saturated rings. The van der Waals surface area contributed by atoms with E-state index < -0.39 is 44.0 Å². The molecule has 8 aliphatic rings. The number of benzene rings is 2. The van der Waals surface area contributed by atoms with Crippen LogP contribution in [0, 0.1) is 58.8 Å². The molecule has 0 saturated heterocycles. The van der Waals surface area contributed by atoms with Crippen LogP contribution in [0.25, 0.3) is 0 Å². The molecule has 0 spiro atoms. The molecule has 10 rings (SSSR count). The van der Waals surface area contributed by atoms with E-state index in [0.29, 0.717) is 35.5 Å². The highest BCUT2D eigenvalue weighted by atomic mass is 32.2. The van der Waals surface area contributed by atoms with E-state index in [-0.39, 0.29) is 16.6 Å². The summed E-state index contributed by atoms with van der Waals surface area (Å²) < 4.78 is 98.2. The van der Waals surface area contributed by atoms with Crippen LogP contribution >= 0.6 is 0 Å². The van der Waals surface area contributed by atoms with Gasteiger partial charge >= 0.3 is 10.1 Å². The summed E-state index contributed by atoms with van der Waals surface area (Å²) in [5.74, 6) is -5.74. The molecule has 0 amide bonds. The van der Waals surface area contributed by atoms with Gasteiger partial charge in [-0.2, -0.15) is 17.2 Å². The highest BCUT2D eigenvalue weighted by Crippen LogP contribution is 2.64. The van der Waals surface area contributed by atoms with Gasteiger partial charge < -0.3 is 4.74 Å². The topological polar surface area (TPSA) is 63.6 Å². The van der Waals surface area contributed by atoms with Crippen LogP contribution in [0.1, 0.15) is 88.2 Å². The Morgan fingerprint density at radius 1 is 0.659 bits per heavy atom. The molecular formula is C32H34F4O4S. The maximum atomic E-state index is 15.2. The van der Waals surface area contributed by atoms with E-state index in [9.17, 15) is 21.8 Å². The second-order valence-electron chi connectivity index (χ2n) is 14.6. The number of rotatable bonds is 5. The lowest BCUT2D eigenvalue weighted by molar-refractivity contribution is -0.00764. The van der Waals surface area contributed by atoms with Crippen molar-refractivity contribution in [3.63, 3.8) is 0 Å². The van der Waals surface area contributed by atoms with E-state index in [1.54, 1.807) is 0 Å². The Morgan fingerprint density at radius 3 is 1.49 bits per heavy atom. The first-order chi connectivity index (χ1) is 19.4. The zero-order valence-electron chi connectivity index (χ0n) is 22.8. The predicted molar refractivity (Wildman–Crippen MR) is 142 cm³/mol. The quantitative estimate of drug-likeness (QED) is 0.217. The van der Waals surface area contributed by atoms with Crippen LogP contribution in [0.2, 0.25) is 0 Å². The summed E-state index contributed by atoms with van der Waals surface area (Å²) in [6, 6.07) is 6.08. The summed E-state index contributed by atoms with van der Waals surface area (Å²) in [6.07, 6.45) is 13.4. The van der Waals surface area contributed by atoms with Gasteiger partial charge in [-0.05, 0) is 135 Å². The van der Waals surface area contributed by atoms with Crippen molar-refractivity contribution in [2.75, 3.05) is 0 Å². The number of halogens is 4. The van der Waals surface area contributed by atoms with Crippen LogP contribution in [-0.4, -0.2) is 13.0 Å². The molecule has 2 aromatic carbocycles. The first-order valence-electron chi connectivity index (χ1n) is 15.1. The molecule has 0 heterocycles. The largest absolute Gasteiger partial charge is 0.451 e. The third kappa shape index (κ3) is 3.96. The Labute approximate surface area is 237 Å². The van der Waals surface area contributed by atoms with E-state index in [1.807, 2.05) is 12.1 Å². The first kappa shape index (κ1) is 26.5. The zero-order chi connectivity index (χ0) is 28.5. The summed E-state index contributed by atoms with van der Waals surface area (Å²) in [6.45, 7) is 0. The fourth-order valence-electron chi connectivity index (χ4n) is 11.3. The molecule has 8 aliphatic carbocycles. The van der Waals surface area contributed by atoms with Crippen LogP contribution in [0.4, 0.5) is 17.6 Å². The van der Waals surface area contributed by atoms with E-state index in [2.05, 4.69) is 6.07 Å². The fourth-order valence-corrected chi connectivity index (χ4v) is 11.9. The molecule has 4 nitrogen and oxygen atoms in total. The van der Waals surface area contributed by atoms with Crippen LogP contribution in [0.15, 0.2) is 23.1 Å². The molecule has 0 radical (unpaired) electrons. The zero-order valence-corrected chi connectivity index (χ0v) is 23.6. The average molecular weight is 591 g/mol. The SMILES string of the molecule is O=S(=O)(O)c1c(F)c(F)c(Oc2cc(C34CC5CC(CC(C5)C3)C4)ccc2C23CC4CC(CC(C4)C2)C3)c(F)c1F. The molecule has 0 aromatic heterocycles. The minimum atomic E-state index is -5.56. The van der Waals surface area contributed by atoms with Crippen LogP contribution in [0.3, 0.4) is 0 Å². The van der Waals surface area contributed by atoms with Gasteiger partial charge in [-0.15, -0.1) is 0 Å². The third-order valence-electron chi connectivity index (χ3n) is 11.9. The first-order valence-corrected chi connectivity index (χ1v) is 16.5. The lowest BCUT2D eigenvalue weighted by Crippen LogP contribution is -2.49. The second kappa shape index (κ2) is 8.71. The van der Waals surface area contributed by atoms with Crippen molar-refractivity contribution in [1.82, 2.24) is 0 Å². The van der Waals surface area contributed by atoms with Crippen molar-refractivity contribution in [3.05, 3.63) is 52.6 Å². The van der Waals surface area contributed by atoms with Gasteiger partial charge in [-0.1, -0.05) is 12.1 Å². The van der Waals surface area contributed by atoms with Gasteiger partial charge in [0, 0.05) is 5.56 Å². The molecular weight excluding hydrogens is 556 g/mol. The van der Waals surface area contributed by atoms with Gasteiger partial charge in [0.2, 0.25) is 17.4 Å². The van der Waals surface area contributed by atoms with Crippen molar-refractivity contribution in [1.29, 1.82) is 0 Å². The number of ether oxygens (including phenoxy) is 1. The Hall–Kier alpha value is -2.13. The molecule has 8 bridgehead atoms. The summed E-state index contributed by atoms with van der Waals surface area (Å²) in [5.41, 5.74) is 1.59. The van der Waals surface area contributed by atoms with Gasteiger partial charge in [-0.25, -0.2) is 8.78 Å². The minimum Gasteiger partial charge on any atom is -0.451 e.